The Morgan fingerprint density at radius 2 is 0.786 bits per heavy atom. The fourth-order valence-corrected chi connectivity index (χ4v) is 8.70. The van der Waals surface area contributed by atoms with Gasteiger partial charge in [0.15, 0.2) is 0 Å². The van der Waals surface area contributed by atoms with Gasteiger partial charge in [-0.25, -0.2) is 0 Å². The summed E-state index contributed by atoms with van der Waals surface area (Å²) in [5.74, 6) is -0.504. The van der Waals surface area contributed by atoms with Crippen LogP contribution in [0.2, 0.25) is 0 Å². The van der Waals surface area contributed by atoms with Gasteiger partial charge >= 0.3 is 17.9 Å². The Bertz CT molecular complexity index is 1250. The molecule has 1 aromatic carbocycles. The molecule has 0 bridgehead atoms. The molecule has 6 aliphatic rings. The van der Waals surface area contributed by atoms with Crippen molar-refractivity contribution < 1.29 is 28.6 Å². The molecule has 6 aliphatic carbocycles. The second-order valence-corrected chi connectivity index (χ2v) is 14.0. The van der Waals surface area contributed by atoms with Gasteiger partial charge in [0, 0.05) is 0 Å². The van der Waals surface area contributed by atoms with Gasteiger partial charge in [-0.2, -0.15) is 0 Å². The summed E-state index contributed by atoms with van der Waals surface area (Å²) in [6.07, 6.45) is 18.3. The monoisotopic (exact) mass is 570 g/mol. The maximum atomic E-state index is 12.5. The predicted octanol–water partition coefficient (Wildman–Crippen LogP) is 6.93. The van der Waals surface area contributed by atoms with Crippen LogP contribution in [-0.2, 0) is 28.6 Å². The molecule has 0 saturated heterocycles. The molecule has 0 radical (unpaired) electrons. The zero-order valence-electron chi connectivity index (χ0n) is 25.1. The molecular formula is C36H42O6. The second kappa shape index (κ2) is 9.96. The van der Waals surface area contributed by atoms with Crippen molar-refractivity contribution in [2.75, 3.05) is 21.3 Å². The molecule has 42 heavy (non-hydrogen) atoms. The van der Waals surface area contributed by atoms with E-state index in [0.717, 1.165) is 57.8 Å². The van der Waals surface area contributed by atoms with Crippen LogP contribution >= 0.6 is 0 Å². The van der Waals surface area contributed by atoms with Crippen molar-refractivity contribution in [3.63, 3.8) is 0 Å². The fourth-order valence-electron chi connectivity index (χ4n) is 8.70. The van der Waals surface area contributed by atoms with Crippen LogP contribution in [0.25, 0.3) is 16.7 Å². The normalized spacial score (nSPS) is 29.2. The van der Waals surface area contributed by atoms with E-state index in [1.807, 2.05) is 0 Å². The Morgan fingerprint density at radius 3 is 1.00 bits per heavy atom. The van der Waals surface area contributed by atoms with Gasteiger partial charge in [-0.3, -0.25) is 14.4 Å². The topological polar surface area (TPSA) is 78.9 Å². The van der Waals surface area contributed by atoms with Crippen molar-refractivity contribution in [1.82, 2.24) is 0 Å². The minimum atomic E-state index is -0.0996. The van der Waals surface area contributed by atoms with Gasteiger partial charge in [-0.1, -0.05) is 18.2 Å². The van der Waals surface area contributed by atoms with Gasteiger partial charge < -0.3 is 14.2 Å². The highest BCUT2D eigenvalue weighted by Crippen LogP contribution is 2.66. The summed E-state index contributed by atoms with van der Waals surface area (Å²) in [6.45, 7) is 0. The molecule has 0 amide bonds. The van der Waals surface area contributed by atoms with E-state index < -0.39 is 0 Å². The molecule has 7 rings (SSSR count). The summed E-state index contributed by atoms with van der Waals surface area (Å²) in [5.41, 5.74) is 8.10. The lowest BCUT2D eigenvalue weighted by Gasteiger charge is -2.33. The van der Waals surface area contributed by atoms with Crippen LogP contribution in [0.4, 0.5) is 0 Å². The number of carbonyl (C=O) groups is 3. The third-order valence-electron chi connectivity index (χ3n) is 11.5. The third kappa shape index (κ3) is 4.57. The minimum Gasteiger partial charge on any atom is -0.469 e. The van der Waals surface area contributed by atoms with Gasteiger partial charge in [-0.05, 0) is 145 Å². The first-order chi connectivity index (χ1) is 20.2. The number of allylic oxidation sites excluding steroid dienone is 6. The molecule has 3 unspecified atom stereocenters. The number of benzene rings is 1. The van der Waals surface area contributed by atoms with E-state index in [1.165, 1.54) is 54.7 Å². The van der Waals surface area contributed by atoms with Crippen LogP contribution in [0, 0.1) is 34.0 Å². The number of hydrogen-bond acceptors (Lipinski definition) is 6. The average molecular weight is 571 g/mol. The van der Waals surface area contributed by atoms with E-state index in [0.29, 0.717) is 19.3 Å². The third-order valence-corrected chi connectivity index (χ3v) is 11.5. The number of rotatable bonds is 6. The fraction of sp³-hybridized carbons (Fsp3) is 0.583. The molecule has 6 nitrogen and oxygen atoms in total. The number of methoxy groups -OCH3 is 3. The summed E-state index contributed by atoms with van der Waals surface area (Å²) < 4.78 is 15.4. The van der Waals surface area contributed by atoms with Crippen LogP contribution in [0.1, 0.15) is 93.7 Å². The smallest absolute Gasteiger partial charge is 0.308 e. The van der Waals surface area contributed by atoms with Gasteiger partial charge in [-0.15, -0.1) is 0 Å². The van der Waals surface area contributed by atoms with Crippen LogP contribution in [0.5, 0.6) is 0 Å². The molecule has 0 N–H and O–H groups in total. The highest BCUT2D eigenvalue weighted by atomic mass is 16.5. The van der Waals surface area contributed by atoms with Crippen molar-refractivity contribution in [2.45, 2.75) is 77.0 Å². The maximum absolute atomic E-state index is 12.5. The SMILES string of the molecule is COC(=O)C1CC=C(c2cc(C3=CCC(C(=O)OC)CC34CC4)cc(C3=CCC(C(=O)OC)CC34CC4)c2)C2(CC2)C1. The Labute approximate surface area is 248 Å². The minimum absolute atomic E-state index is 0.0510. The number of carbonyl (C=O) groups excluding carboxylic acids is 3. The van der Waals surface area contributed by atoms with Crippen LogP contribution < -0.4 is 0 Å². The molecule has 222 valence electrons. The van der Waals surface area contributed by atoms with Crippen LogP contribution in [0.15, 0.2) is 36.4 Å². The Kier molecular flexibility index (Phi) is 6.56. The summed E-state index contributed by atoms with van der Waals surface area (Å²) >= 11 is 0. The van der Waals surface area contributed by atoms with Crippen molar-refractivity contribution in [3.8, 4) is 0 Å². The standard InChI is InChI=1S/C36H42O6/c1-40-31(37)22-4-7-28(34(19-22)10-11-34)25-16-26(29-8-5-23(32(38)41-2)20-35(29)12-13-35)18-27(17-25)30-9-6-24(33(39)42-3)21-36(30)14-15-36/h7-9,16-18,22-24H,4-6,10-15,19-21H2,1-3H3. The molecule has 0 aliphatic heterocycles. The van der Waals surface area contributed by atoms with Crippen LogP contribution in [-0.4, -0.2) is 39.2 Å². The Morgan fingerprint density at radius 1 is 0.524 bits per heavy atom. The molecule has 3 saturated carbocycles. The lowest BCUT2D eigenvalue weighted by molar-refractivity contribution is -0.146. The van der Waals surface area contributed by atoms with E-state index in [1.54, 1.807) is 0 Å². The van der Waals surface area contributed by atoms with Gasteiger partial charge in [0.1, 0.15) is 0 Å². The molecular weight excluding hydrogens is 528 g/mol. The predicted molar refractivity (Wildman–Crippen MR) is 160 cm³/mol. The average Bonchev–Trinajstić information content (AvgIpc) is 3.96. The second-order valence-electron chi connectivity index (χ2n) is 14.0. The quantitative estimate of drug-likeness (QED) is 0.273. The largest absolute Gasteiger partial charge is 0.469 e. The molecule has 6 heteroatoms. The van der Waals surface area contributed by atoms with Gasteiger partial charge in [0.2, 0.25) is 0 Å². The molecule has 3 fully saturated rings. The Balaban J connectivity index is 1.31. The van der Waals surface area contributed by atoms with E-state index >= 15 is 0 Å². The summed E-state index contributed by atoms with van der Waals surface area (Å²) in [6, 6.07) is 7.16. The lowest BCUT2D eigenvalue weighted by Crippen LogP contribution is -2.26. The number of esters is 3. The lowest BCUT2D eigenvalue weighted by atomic mass is 9.71. The molecule has 3 atom stereocenters. The number of ether oxygens (including phenoxy) is 3. The maximum Gasteiger partial charge on any atom is 0.308 e. The van der Waals surface area contributed by atoms with E-state index in [4.69, 9.17) is 14.2 Å². The summed E-state index contributed by atoms with van der Waals surface area (Å²) in [7, 11) is 4.47. The van der Waals surface area contributed by atoms with E-state index in [2.05, 4.69) is 36.4 Å². The van der Waals surface area contributed by atoms with E-state index in [-0.39, 0.29) is 51.9 Å². The highest BCUT2D eigenvalue weighted by molar-refractivity contribution is 5.87. The highest BCUT2D eigenvalue weighted by Gasteiger charge is 2.54. The van der Waals surface area contributed by atoms with Gasteiger partial charge in [0.25, 0.3) is 0 Å². The van der Waals surface area contributed by atoms with E-state index in [9.17, 15) is 14.4 Å². The van der Waals surface area contributed by atoms with Crippen molar-refractivity contribution in [1.29, 1.82) is 0 Å². The van der Waals surface area contributed by atoms with Crippen molar-refractivity contribution in [2.24, 2.45) is 34.0 Å². The zero-order valence-corrected chi connectivity index (χ0v) is 25.1. The van der Waals surface area contributed by atoms with Gasteiger partial charge in [0.05, 0.1) is 39.1 Å². The number of hydrogen-bond donors (Lipinski definition) is 0. The van der Waals surface area contributed by atoms with Crippen LogP contribution in [0.3, 0.4) is 0 Å². The first kappa shape index (κ1) is 27.7. The van der Waals surface area contributed by atoms with Crippen molar-refractivity contribution >= 4 is 34.6 Å². The zero-order chi connectivity index (χ0) is 29.3. The molecule has 3 spiro atoms. The Hall–Kier alpha value is -3.15. The molecule has 0 heterocycles. The first-order valence-corrected chi connectivity index (χ1v) is 15.8. The summed E-state index contributed by atoms with van der Waals surface area (Å²) in [4.78, 5) is 37.4. The van der Waals surface area contributed by atoms with Crippen molar-refractivity contribution in [3.05, 3.63) is 53.1 Å². The summed E-state index contributed by atoms with van der Waals surface area (Å²) in [5, 5.41) is 0. The first-order valence-electron chi connectivity index (χ1n) is 15.8. The molecule has 1 aromatic rings. The molecule has 0 aromatic heterocycles.